The van der Waals surface area contributed by atoms with Gasteiger partial charge in [0.2, 0.25) is 0 Å². The normalized spacial score (nSPS) is 12.2. The first-order valence-electron chi connectivity index (χ1n) is 6.38. The molecule has 0 fully saturated rings. The Labute approximate surface area is 132 Å². The average molecular weight is 329 g/mol. The maximum absolute atomic E-state index is 12.1. The third-order valence-electron chi connectivity index (χ3n) is 2.58. The molecule has 0 aliphatic rings. The summed E-state index contributed by atoms with van der Waals surface area (Å²) in [7, 11) is 0. The summed E-state index contributed by atoms with van der Waals surface area (Å²) in [5, 5.41) is 2.35. The highest BCUT2D eigenvalue weighted by molar-refractivity contribution is 6.30. The second-order valence-corrected chi connectivity index (χ2v) is 5.40. The van der Waals surface area contributed by atoms with Gasteiger partial charge in [-0.15, -0.1) is 0 Å². The summed E-state index contributed by atoms with van der Waals surface area (Å²) >= 11 is 5.76. The van der Waals surface area contributed by atoms with Crippen LogP contribution in [0, 0.1) is 0 Å². The molecule has 7 nitrogen and oxygen atoms in total. The predicted octanol–water partition coefficient (Wildman–Crippen LogP) is 1.62. The number of hydrogen-bond acceptors (Lipinski definition) is 5. The molecule has 3 N–H and O–H groups in total. The Morgan fingerprint density at radius 3 is 2.27 bits per heavy atom. The van der Waals surface area contributed by atoms with Crippen LogP contribution in [0.5, 0.6) is 5.75 Å². The van der Waals surface area contributed by atoms with E-state index in [0.717, 1.165) is 0 Å². The Hall–Kier alpha value is -2.28. The number of benzene rings is 1. The number of halogens is 1. The first-order valence-corrected chi connectivity index (χ1v) is 6.75. The second kappa shape index (κ2) is 7.13. The molecule has 0 saturated carbocycles. The van der Waals surface area contributed by atoms with Gasteiger partial charge in [0.15, 0.2) is 11.7 Å². The van der Waals surface area contributed by atoms with Crippen molar-refractivity contribution in [1.29, 1.82) is 0 Å². The average Bonchev–Trinajstić information content (AvgIpc) is 2.40. The van der Waals surface area contributed by atoms with Gasteiger partial charge in [0.1, 0.15) is 5.75 Å². The van der Waals surface area contributed by atoms with Gasteiger partial charge >= 0.3 is 12.0 Å². The lowest BCUT2D eigenvalue weighted by Crippen LogP contribution is -2.46. The quantitative estimate of drug-likeness (QED) is 0.798. The molecule has 0 heterocycles. The standard InChI is InChI=1S/C14H17ClN2O5/c1-8(11(18)17-13(16)20)21-12(19)14(2,3)22-10-6-4-9(15)5-7-10/h4-8H,1-3H3,(H3,16,17,18,20)/t8-/m1/s1. The summed E-state index contributed by atoms with van der Waals surface area (Å²) in [6.45, 7) is 4.29. The Kier molecular flexibility index (Phi) is 5.76. The van der Waals surface area contributed by atoms with Crippen molar-refractivity contribution in [2.45, 2.75) is 32.5 Å². The van der Waals surface area contributed by atoms with Gasteiger partial charge in [-0.1, -0.05) is 11.6 Å². The molecule has 0 aliphatic carbocycles. The highest BCUT2D eigenvalue weighted by atomic mass is 35.5. The number of ether oxygens (including phenoxy) is 2. The third kappa shape index (κ3) is 5.25. The fourth-order valence-corrected chi connectivity index (χ4v) is 1.54. The first-order chi connectivity index (χ1) is 10.1. The molecule has 0 aromatic heterocycles. The van der Waals surface area contributed by atoms with E-state index in [0.29, 0.717) is 10.8 Å². The van der Waals surface area contributed by atoms with Gasteiger partial charge < -0.3 is 15.2 Å². The van der Waals surface area contributed by atoms with Crippen LogP contribution in [0.25, 0.3) is 0 Å². The third-order valence-corrected chi connectivity index (χ3v) is 2.83. The maximum Gasteiger partial charge on any atom is 0.350 e. The van der Waals surface area contributed by atoms with Crippen LogP contribution >= 0.6 is 11.6 Å². The Bertz CT molecular complexity index is 571. The number of rotatable bonds is 5. The molecule has 0 radical (unpaired) electrons. The maximum atomic E-state index is 12.1. The van der Waals surface area contributed by atoms with Gasteiger partial charge in [-0.2, -0.15) is 0 Å². The van der Waals surface area contributed by atoms with E-state index in [1.165, 1.54) is 20.8 Å². The Morgan fingerprint density at radius 1 is 1.23 bits per heavy atom. The largest absolute Gasteiger partial charge is 0.476 e. The summed E-state index contributed by atoms with van der Waals surface area (Å²) in [5.41, 5.74) is 3.48. The van der Waals surface area contributed by atoms with E-state index in [1.807, 2.05) is 5.32 Å². The molecule has 0 bridgehead atoms. The Morgan fingerprint density at radius 2 is 1.77 bits per heavy atom. The lowest BCUT2D eigenvalue weighted by molar-refractivity contribution is -0.167. The van der Waals surface area contributed by atoms with Crippen LogP contribution in [0.2, 0.25) is 5.02 Å². The van der Waals surface area contributed by atoms with E-state index in [9.17, 15) is 14.4 Å². The van der Waals surface area contributed by atoms with E-state index in [-0.39, 0.29) is 0 Å². The van der Waals surface area contributed by atoms with E-state index >= 15 is 0 Å². The number of nitrogens with two attached hydrogens (primary N) is 1. The summed E-state index contributed by atoms with van der Waals surface area (Å²) in [4.78, 5) is 34.1. The zero-order valence-corrected chi connectivity index (χ0v) is 13.1. The van der Waals surface area contributed by atoms with Crippen molar-refractivity contribution in [3.8, 4) is 5.75 Å². The number of hydrogen-bond donors (Lipinski definition) is 2. The van der Waals surface area contributed by atoms with Crippen molar-refractivity contribution in [3.63, 3.8) is 0 Å². The van der Waals surface area contributed by atoms with Crippen LogP contribution < -0.4 is 15.8 Å². The van der Waals surface area contributed by atoms with Crippen molar-refractivity contribution < 1.29 is 23.9 Å². The zero-order chi connectivity index (χ0) is 16.9. The second-order valence-electron chi connectivity index (χ2n) is 4.97. The van der Waals surface area contributed by atoms with Crippen LogP contribution in [0.3, 0.4) is 0 Å². The van der Waals surface area contributed by atoms with Gasteiger partial charge in [0.25, 0.3) is 5.91 Å². The van der Waals surface area contributed by atoms with Crippen molar-refractivity contribution in [3.05, 3.63) is 29.3 Å². The highest BCUT2D eigenvalue weighted by Crippen LogP contribution is 2.22. The van der Waals surface area contributed by atoms with Crippen LogP contribution in [0.15, 0.2) is 24.3 Å². The van der Waals surface area contributed by atoms with Crippen LogP contribution in [-0.2, 0) is 14.3 Å². The summed E-state index contributed by atoms with van der Waals surface area (Å²) in [5.74, 6) is -1.17. The van der Waals surface area contributed by atoms with Gasteiger partial charge in [0.05, 0.1) is 0 Å². The predicted molar refractivity (Wildman–Crippen MR) is 79.4 cm³/mol. The fraction of sp³-hybridized carbons (Fsp3) is 0.357. The van der Waals surface area contributed by atoms with E-state index < -0.39 is 29.6 Å². The molecular formula is C14H17ClN2O5. The molecule has 3 amide bonds. The molecule has 1 aromatic rings. The number of imide groups is 1. The lowest BCUT2D eigenvalue weighted by Gasteiger charge is -2.25. The SMILES string of the molecule is C[C@@H](OC(=O)C(C)(C)Oc1ccc(Cl)cc1)C(=O)NC(N)=O. The number of carbonyl (C=O) groups is 3. The number of urea groups is 1. The zero-order valence-electron chi connectivity index (χ0n) is 12.4. The molecule has 1 aromatic carbocycles. The van der Waals surface area contributed by atoms with Crippen molar-refractivity contribution in [2.24, 2.45) is 5.73 Å². The van der Waals surface area contributed by atoms with Crippen molar-refractivity contribution >= 4 is 29.5 Å². The summed E-state index contributed by atoms with van der Waals surface area (Å²) < 4.78 is 10.5. The van der Waals surface area contributed by atoms with E-state index in [2.05, 4.69) is 0 Å². The lowest BCUT2D eigenvalue weighted by atomic mass is 10.1. The van der Waals surface area contributed by atoms with Crippen molar-refractivity contribution in [2.75, 3.05) is 0 Å². The number of amides is 3. The van der Waals surface area contributed by atoms with E-state index in [1.54, 1.807) is 24.3 Å². The minimum atomic E-state index is -1.34. The molecule has 0 saturated heterocycles. The highest BCUT2D eigenvalue weighted by Gasteiger charge is 2.34. The van der Waals surface area contributed by atoms with E-state index in [4.69, 9.17) is 26.8 Å². The first kappa shape index (κ1) is 17.8. The Balaban J connectivity index is 2.67. The minimum absolute atomic E-state index is 0.417. The molecule has 8 heteroatoms. The van der Waals surface area contributed by atoms with Crippen LogP contribution in [0.1, 0.15) is 20.8 Å². The van der Waals surface area contributed by atoms with Crippen LogP contribution in [0.4, 0.5) is 4.79 Å². The van der Waals surface area contributed by atoms with Gasteiger partial charge in [-0.3, -0.25) is 10.1 Å². The summed E-state index contributed by atoms with van der Waals surface area (Å²) in [6.07, 6.45) is -1.19. The minimum Gasteiger partial charge on any atom is -0.476 e. The van der Waals surface area contributed by atoms with Gasteiger partial charge in [0, 0.05) is 5.02 Å². The van der Waals surface area contributed by atoms with Gasteiger partial charge in [-0.05, 0) is 45.0 Å². The molecule has 1 atom stereocenters. The topological polar surface area (TPSA) is 108 Å². The molecule has 0 spiro atoms. The number of carbonyl (C=O) groups excluding carboxylic acids is 3. The molecule has 0 aliphatic heterocycles. The van der Waals surface area contributed by atoms with Crippen molar-refractivity contribution in [1.82, 2.24) is 5.32 Å². The fourth-order valence-electron chi connectivity index (χ4n) is 1.42. The molecular weight excluding hydrogens is 312 g/mol. The number of esters is 1. The smallest absolute Gasteiger partial charge is 0.350 e. The molecule has 0 unspecified atom stereocenters. The van der Waals surface area contributed by atoms with Gasteiger partial charge in [-0.25, -0.2) is 9.59 Å². The number of nitrogens with one attached hydrogen (secondary N) is 1. The molecule has 1 rings (SSSR count). The molecule has 22 heavy (non-hydrogen) atoms. The summed E-state index contributed by atoms with van der Waals surface area (Å²) in [6, 6.07) is 5.40. The monoisotopic (exact) mass is 328 g/mol. The number of primary amides is 1. The molecule has 120 valence electrons. The van der Waals surface area contributed by atoms with Crippen LogP contribution in [-0.4, -0.2) is 29.6 Å².